The van der Waals surface area contributed by atoms with E-state index in [1.165, 1.54) is 30.3 Å². The number of fused-ring (bicyclic) bond motifs is 2. The average molecular weight is 584 g/mol. The van der Waals surface area contributed by atoms with Gasteiger partial charge in [-0.25, -0.2) is 8.78 Å². The Bertz CT molecular complexity index is 1270. The molecule has 1 saturated heterocycles. The van der Waals surface area contributed by atoms with Gasteiger partial charge in [-0.3, -0.25) is 9.59 Å². The van der Waals surface area contributed by atoms with E-state index in [1.807, 2.05) is 20.8 Å². The Balaban J connectivity index is 1.87. The van der Waals surface area contributed by atoms with Crippen molar-refractivity contribution in [2.45, 2.75) is 69.6 Å². The van der Waals surface area contributed by atoms with Gasteiger partial charge in [0.1, 0.15) is 17.0 Å². The molecule has 2 heterocycles. The van der Waals surface area contributed by atoms with Gasteiger partial charge in [0.25, 0.3) is 0 Å². The molecule has 2 aliphatic heterocycles. The highest BCUT2D eigenvalue weighted by molar-refractivity contribution is 6.31. The summed E-state index contributed by atoms with van der Waals surface area (Å²) in [5.74, 6) is -3.13. The highest BCUT2D eigenvalue weighted by atomic mass is 35.5. The number of carbonyl (C=O) groups is 2. The molecule has 11 heteroatoms. The minimum Gasteiger partial charge on any atom is -0.396 e. The van der Waals surface area contributed by atoms with Crippen molar-refractivity contribution < 1.29 is 28.6 Å². The number of hydrogen-bond donors (Lipinski definition) is 5. The number of halogens is 4. The smallest absolute Gasteiger partial charge is 0.237 e. The summed E-state index contributed by atoms with van der Waals surface area (Å²) >= 11 is 12.2. The highest BCUT2D eigenvalue weighted by Crippen LogP contribution is 2.57. The molecule has 212 valence electrons. The summed E-state index contributed by atoms with van der Waals surface area (Å²) in [4.78, 5) is 27.7. The Labute approximate surface area is 236 Å². The van der Waals surface area contributed by atoms with Crippen LogP contribution in [0, 0.1) is 17.0 Å². The fourth-order valence-corrected chi connectivity index (χ4v) is 6.26. The molecule has 1 fully saturated rings. The number of benzene rings is 2. The fourth-order valence-electron chi connectivity index (χ4n) is 5.91. The Morgan fingerprint density at radius 1 is 1.13 bits per heavy atom. The number of amides is 2. The molecule has 7 nitrogen and oxygen atoms in total. The summed E-state index contributed by atoms with van der Waals surface area (Å²) in [6.07, 6.45) is 0.0408. The van der Waals surface area contributed by atoms with Crippen LogP contribution in [-0.2, 0) is 15.0 Å². The fraction of sp³-hybridized carbons (Fsp3) is 0.500. The molecule has 0 saturated carbocycles. The van der Waals surface area contributed by atoms with Gasteiger partial charge in [-0.15, -0.1) is 0 Å². The molecule has 5 N–H and O–H groups in total. The van der Waals surface area contributed by atoms with Gasteiger partial charge >= 0.3 is 0 Å². The van der Waals surface area contributed by atoms with Crippen LogP contribution in [0.3, 0.4) is 0 Å². The first-order chi connectivity index (χ1) is 18.3. The molecular formula is C28H33Cl2F2N3O4. The molecule has 5 atom stereocenters. The topological polar surface area (TPSA) is 111 Å². The third-order valence-electron chi connectivity index (χ3n) is 7.53. The van der Waals surface area contributed by atoms with Crippen molar-refractivity contribution in [1.82, 2.24) is 10.6 Å². The van der Waals surface area contributed by atoms with E-state index < -0.39 is 53.0 Å². The molecule has 0 bridgehead atoms. The van der Waals surface area contributed by atoms with E-state index in [1.54, 1.807) is 0 Å². The average Bonchev–Trinajstić information content (AvgIpc) is 3.30. The van der Waals surface area contributed by atoms with E-state index in [0.717, 1.165) is 0 Å². The molecule has 0 radical (unpaired) electrons. The molecule has 0 aromatic heterocycles. The molecule has 1 spiro atoms. The normalized spacial score (nSPS) is 25.1. The lowest BCUT2D eigenvalue weighted by molar-refractivity contribution is -0.123. The van der Waals surface area contributed by atoms with Crippen molar-refractivity contribution in [3.63, 3.8) is 0 Å². The molecule has 2 aromatic carbocycles. The molecule has 2 aromatic rings. The Hall–Kier alpha value is -2.30. The van der Waals surface area contributed by atoms with Gasteiger partial charge < -0.3 is 26.2 Å². The molecule has 4 rings (SSSR count). The highest BCUT2D eigenvalue weighted by Gasteiger charge is 2.65. The van der Waals surface area contributed by atoms with Crippen LogP contribution in [0.1, 0.15) is 57.1 Å². The van der Waals surface area contributed by atoms with Crippen LogP contribution >= 0.6 is 23.2 Å². The molecule has 2 amide bonds. The van der Waals surface area contributed by atoms with E-state index in [0.29, 0.717) is 23.2 Å². The Kier molecular flexibility index (Phi) is 8.59. The van der Waals surface area contributed by atoms with Crippen LogP contribution < -0.4 is 16.0 Å². The van der Waals surface area contributed by atoms with Gasteiger partial charge in [-0.05, 0) is 60.1 Å². The number of aliphatic hydroxyl groups excluding tert-OH is 2. The van der Waals surface area contributed by atoms with Crippen molar-refractivity contribution in [3.05, 3.63) is 63.1 Å². The lowest BCUT2D eigenvalue weighted by Crippen LogP contribution is -2.49. The summed E-state index contributed by atoms with van der Waals surface area (Å²) in [5, 5.41) is 27.7. The van der Waals surface area contributed by atoms with Crippen LogP contribution in [0.4, 0.5) is 14.5 Å². The van der Waals surface area contributed by atoms with Gasteiger partial charge in [-0.1, -0.05) is 50.0 Å². The van der Waals surface area contributed by atoms with Crippen LogP contribution in [0.2, 0.25) is 10.0 Å². The van der Waals surface area contributed by atoms with Crippen LogP contribution in [0.25, 0.3) is 0 Å². The predicted molar refractivity (Wildman–Crippen MR) is 146 cm³/mol. The van der Waals surface area contributed by atoms with Gasteiger partial charge in [-0.2, -0.15) is 0 Å². The van der Waals surface area contributed by atoms with Crippen molar-refractivity contribution >= 4 is 40.7 Å². The van der Waals surface area contributed by atoms with Crippen molar-refractivity contribution in [3.8, 4) is 0 Å². The predicted octanol–water partition coefficient (Wildman–Crippen LogP) is 4.27. The summed E-state index contributed by atoms with van der Waals surface area (Å²) in [6.45, 7) is 5.94. The number of nitrogens with one attached hydrogen (secondary N) is 3. The van der Waals surface area contributed by atoms with Gasteiger partial charge in [0.15, 0.2) is 0 Å². The van der Waals surface area contributed by atoms with Gasteiger partial charge in [0.05, 0.1) is 22.2 Å². The second-order valence-electron chi connectivity index (χ2n) is 11.5. The zero-order valence-electron chi connectivity index (χ0n) is 22.0. The second kappa shape index (κ2) is 11.3. The summed E-state index contributed by atoms with van der Waals surface area (Å²) in [7, 11) is 0. The molecular weight excluding hydrogens is 551 g/mol. The maximum atomic E-state index is 14.9. The minimum absolute atomic E-state index is 0.124. The first-order valence-electron chi connectivity index (χ1n) is 12.9. The SMILES string of the molecule is CC(C)(C)C[C@H]1N[C@@H](C(=O)NCC[C@@H](O)CCO)[C@H](c2ccc(F)c(Cl)c2)[C@@]12C(=O)Nc1cc(Cl)c(F)cc12. The third-order valence-corrected chi connectivity index (χ3v) is 8.10. The third kappa shape index (κ3) is 5.65. The largest absolute Gasteiger partial charge is 0.396 e. The Morgan fingerprint density at radius 3 is 2.46 bits per heavy atom. The lowest BCUT2D eigenvalue weighted by atomic mass is 9.62. The number of carbonyl (C=O) groups excluding carboxylic acids is 2. The zero-order valence-corrected chi connectivity index (χ0v) is 23.5. The van der Waals surface area contributed by atoms with E-state index in [9.17, 15) is 23.5 Å². The van der Waals surface area contributed by atoms with Crippen LogP contribution in [-0.4, -0.2) is 53.4 Å². The number of rotatable bonds is 8. The maximum absolute atomic E-state index is 14.9. The number of hydrogen-bond acceptors (Lipinski definition) is 5. The molecule has 39 heavy (non-hydrogen) atoms. The van der Waals surface area contributed by atoms with Crippen molar-refractivity contribution in [2.24, 2.45) is 5.41 Å². The number of anilines is 1. The zero-order chi connectivity index (χ0) is 28.7. The standard InChI is InChI=1S/C28H33Cl2F2N3O4/c1-27(2,3)13-22-28(16-11-20(32)18(30)12-21(16)34-26(28)39)23(14-4-5-19(31)17(29)10-14)24(35-22)25(38)33-8-6-15(37)7-9-36/h4-5,10-12,15,22-24,35-37H,6-9,13H2,1-3H3,(H,33,38)(H,34,39)/t15-,22-,23+,24-,28+/m1/s1. The van der Waals surface area contributed by atoms with E-state index >= 15 is 0 Å². The van der Waals surface area contributed by atoms with E-state index in [4.69, 9.17) is 28.3 Å². The lowest BCUT2D eigenvalue weighted by Gasteiger charge is -2.37. The van der Waals surface area contributed by atoms with E-state index in [2.05, 4.69) is 16.0 Å². The van der Waals surface area contributed by atoms with Crippen molar-refractivity contribution in [2.75, 3.05) is 18.5 Å². The van der Waals surface area contributed by atoms with E-state index in [-0.39, 0.29) is 41.5 Å². The quantitative estimate of drug-likeness (QED) is 0.319. The first kappa shape index (κ1) is 29.7. The molecule has 0 aliphatic carbocycles. The summed E-state index contributed by atoms with van der Waals surface area (Å²) < 4.78 is 29.1. The van der Waals surface area contributed by atoms with Crippen molar-refractivity contribution in [1.29, 1.82) is 0 Å². The van der Waals surface area contributed by atoms with Gasteiger partial charge in [0.2, 0.25) is 11.8 Å². The van der Waals surface area contributed by atoms with Crippen LogP contribution in [0.15, 0.2) is 30.3 Å². The molecule has 2 aliphatic rings. The molecule has 0 unspecified atom stereocenters. The second-order valence-corrected chi connectivity index (χ2v) is 12.3. The monoisotopic (exact) mass is 583 g/mol. The minimum atomic E-state index is -1.45. The number of aliphatic hydroxyl groups is 2. The van der Waals surface area contributed by atoms with Crippen LogP contribution in [0.5, 0.6) is 0 Å². The van der Waals surface area contributed by atoms with Gasteiger partial charge in [0, 0.05) is 30.8 Å². The first-order valence-corrected chi connectivity index (χ1v) is 13.6. The summed E-state index contributed by atoms with van der Waals surface area (Å²) in [6, 6.07) is 5.05. The summed E-state index contributed by atoms with van der Waals surface area (Å²) in [5.41, 5.74) is -0.616. The maximum Gasteiger partial charge on any atom is 0.237 e. The Morgan fingerprint density at radius 2 is 1.82 bits per heavy atom.